The first-order valence-corrected chi connectivity index (χ1v) is 6.08. The van der Waals surface area contributed by atoms with Gasteiger partial charge in [0.05, 0.1) is 0 Å². The van der Waals surface area contributed by atoms with Crippen molar-refractivity contribution < 1.29 is 4.79 Å². The lowest BCUT2D eigenvalue weighted by Crippen LogP contribution is -2.47. The SMILES string of the molecule is CC(=O)C(C)(C)CN1CC(C)CCC1C. The summed E-state index contributed by atoms with van der Waals surface area (Å²) in [6.45, 7) is 12.5. The molecule has 0 radical (unpaired) electrons. The van der Waals surface area contributed by atoms with Crippen molar-refractivity contribution in [3.63, 3.8) is 0 Å². The first-order chi connectivity index (χ1) is 6.83. The van der Waals surface area contributed by atoms with E-state index in [1.807, 2.05) is 0 Å². The predicted octanol–water partition coefficient (Wildman–Crippen LogP) is 2.72. The quantitative estimate of drug-likeness (QED) is 0.715. The monoisotopic (exact) mass is 211 g/mol. The van der Waals surface area contributed by atoms with E-state index >= 15 is 0 Å². The fourth-order valence-electron chi connectivity index (χ4n) is 2.22. The molecule has 1 saturated heterocycles. The van der Waals surface area contributed by atoms with Gasteiger partial charge in [-0.1, -0.05) is 20.8 Å². The molecule has 15 heavy (non-hydrogen) atoms. The highest BCUT2D eigenvalue weighted by Crippen LogP contribution is 2.26. The van der Waals surface area contributed by atoms with E-state index in [1.165, 1.54) is 12.8 Å². The minimum Gasteiger partial charge on any atom is -0.299 e. The van der Waals surface area contributed by atoms with Gasteiger partial charge in [0.25, 0.3) is 0 Å². The molecule has 0 aromatic carbocycles. The lowest BCUT2D eigenvalue weighted by molar-refractivity contribution is -0.126. The lowest BCUT2D eigenvalue weighted by Gasteiger charge is -2.40. The van der Waals surface area contributed by atoms with Crippen LogP contribution in [-0.2, 0) is 4.79 Å². The molecule has 0 spiro atoms. The molecule has 0 aromatic heterocycles. The van der Waals surface area contributed by atoms with Gasteiger partial charge >= 0.3 is 0 Å². The van der Waals surface area contributed by atoms with Gasteiger partial charge in [-0.2, -0.15) is 0 Å². The molecule has 2 nitrogen and oxygen atoms in total. The van der Waals surface area contributed by atoms with Gasteiger partial charge < -0.3 is 0 Å². The van der Waals surface area contributed by atoms with Crippen molar-refractivity contribution in [1.29, 1.82) is 0 Å². The van der Waals surface area contributed by atoms with Crippen molar-refractivity contribution in [2.45, 2.75) is 53.5 Å². The minimum atomic E-state index is -0.189. The zero-order chi connectivity index (χ0) is 11.6. The number of ketones is 1. The van der Waals surface area contributed by atoms with Crippen LogP contribution in [0.3, 0.4) is 0 Å². The van der Waals surface area contributed by atoms with Gasteiger partial charge in [-0.05, 0) is 32.6 Å². The van der Waals surface area contributed by atoms with E-state index < -0.39 is 0 Å². The van der Waals surface area contributed by atoms with Crippen LogP contribution in [0.5, 0.6) is 0 Å². The largest absolute Gasteiger partial charge is 0.299 e. The van der Waals surface area contributed by atoms with Crippen molar-refractivity contribution >= 4 is 5.78 Å². The first-order valence-electron chi connectivity index (χ1n) is 6.08. The van der Waals surface area contributed by atoms with E-state index in [4.69, 9.17) is 0 Å². The lowest BCUT2D eigenvalue weighted by atomic mass is 9.85. The summed E-state index contributed by atoms with van der Waals surface area (Å²) in [7, 11) is 0. The van der Waals surface area contributed by atoms with E-state index in [9.17, 15) is 4.79 Å². The number of piperidine rings is 1. The third-order valence-corrected chi connectivity index (χ3v) is 3.80. The highest BCUT2D eigenvalue weighted by atomic mass is 16.1. The van der Waals surface area contributed by atoms with E-state index in [1.54, 1.807) is 6.92 Å². The molecule has 0 saturated carbocycles. The maximum Gasteiger partial charge on any atom is 0.136 e. The fraction of sp³-hybridized carbons (Fsp3) is 0.923. The van der Waals surface area contributed by atoms with E-state index in [2.05, 4.69) is 32.6 Å². The second kappa shape index (κ2) is 4.65. The number of hydrogen-bond donors (Lipinski definition) is 0. The van der Waals surface area contributed by atoms with E-state index in [-0.39, 0.29) is 5.41 Å². The molecule has 2 unspecified atom stereocenters. The summed E-state index contributed by atoms with van der Waals surface area (Å²) in [4.78, 5) is 14.0. The molecular weight excluding hydrogens is 186 g/mol. The van der Waals surface area contributed by atoms with Gasteiger partial charge in [-0.3, -0.25) is 9.69 Å². The Kier molecular flexibility index (Phi) is 3.93. The van der Waals surface area contributed by atoms with Gasteiger partial charge in [-0.15, -0.1) is 0 Å². The number of carbonyl (C=O) groups excluding carboxylic acids is 1. The average Bonchev–Trinajstić information content (AvgIpc) is 2.10. The Labute approximate surface area is 94.0 Å². The van der Waals surface area contributed by atoms with E-state index in [0.717, 1.165) is 19.0 Å². The van der Waals surface area contributed by atoms with Crippen LogP contribution in [0.25, 0.3) is 0 Å². The Morgan fingerprint density at radius 3 is 2.47 bits per heavy atom. The van der Waals surface area contributed by atoms with Crippen molar-refractivity contribution in [3.05, 3.63) is 0 Å². The fourth-order valence-corrected chi connectivity index (χ4v) is 2.22. The normalized spacial score (nSPS) is 29.1. The Balaban J connectivity index is 2.59. The van der Waals surface area contributed by atoms with Crippen LogP contribution in [0.1, 0.15) is 47.5 Å². The Morgan fingerprint density at radius 1 is 1.33 bits per heavy atom. The van der Waals surface area contributed by atoms with Crippen LogP contribution in [0.15, 0.2) is 0 Å². The van der Waals surface area contributed by atoms with Crippen LogP contribution in [-0.4, -0.2) is 29.8 Å². The smallest absolute Gasteiger partial charge is 0.136 e. The number of likely N-dealkylation sites (tertiary alicyclic amines) is 1. The molecule has 1 rings (SSSR count). The van der Waals surface area contributed by atoms with Gasteiger partial charge in [0.2, 0.25) is 0 Å². The zero-order valence-electron chi connectivity index (χ0n) is 10.8. The molecule has 1 heterocycles. The maximum absolute atomic E-state index is 11.5. The van der Waals surface area contributed by atoms with E-state index in [0.29, 0.717) is 11.8 Å². The molecule has 1 fully saturated rings. The Morgan fingerprint density at radius 2 is 1.93 bits per heavy atom. The van der Waals surface area contributed by atoms with Gasteiger partial charge in [-0.25, -0.2) is 0 Å². The molecule has 0 aliphatic carbocycles. The molecule has 0 bridgehead atoms. The topological polar surface area (TPSA) is 20.3 Å². The van der Waals surface area contributed by atoms with Crippen LogP contribution < -0.4 is 0 Å². The second-order valence-corrected chi connectivity index (χ2v) is 5.90. The Bertz CT molecular complexity index is 235. The van der Waals surface area contributed by atoms with Crippen LogP contribution >= 0.6 is 0 Å². The summed E-state index contributed by atoms with van der Waals surface area (Å²) in [5.74, 6) is 1.08. The zero-order valence-corrected chi connectivity index (χ0v) is 10.8. The second-order valence-electron chi connectivity index (χ2n) is 5.90. The van der Waals surface area contributed by atoms with Crippen molar-refractivity contribution in [2.24, 2.45) is 11.3 Å². The summed E-state index contributed by atoms with van der Waals surface area (Å²) in [5.41, 5.74) is -0.189. The molecule has 0 N–H and O–H groups in total. The Hall–Kier alpha value is -0.370. The molecule has 1 aliphatic rings. The van der Waals surface area contributed by atoms with Crippen LogP contribution in [0, 0.1) is 11.3 Å². The van der Waals surface area contributed by atoms with Gasteiger partial charge in [0, 0.05) is 24.5 Å². The maximum atomic E-state index is 11.5. The number of carbonyl (C=O) groups is 1. The number of hydrogen-bond acceptors (Lipinski definition) is 2. The summed E-state index contributed by atoms with van der Waals surface area (Å²) < 4.78 is 0. The molecule has 1 aliphatic heterocycles. The van der Waals surface area contributed by atoms with Gasteiger partial charge in [0.1, 0.15) is 5.78 Å². The summed E-state index contributed by atoms with van der Waals surface area (Å²) >= 11 is 0. The number of nitrogens with zero attached hydrogens (tertiary/aromatic N) is 1. The first kappa shape index (κ1) is 12.7. The minimum absolute atomic E-state index is 0.189. The number of rotatable bonds is 3. The van der Waals surface area contributed by atoms with Crippen LogP contribution in [0.4, 0.5) is 0 Å². The third kappa shape index (κ3) is 3.30. The number of Topliss-reactive ketones (excluding diaryl/α,β-unsaturated/α-hetero) is 1. The predicted molar refractivity (Wildman–Crippen MR) is 63.9 cm³/mol. The summed E-state index contributed by atoms with van der Waals surface area (Å²) in [5, 5.41) is 0. The standard InChI is InChI=1S/C13H25NO/c1-10-6-7-11(2)14(8-10)9-13(4,5)12(3)15/h10-11H,6-9H2,1-5H3. The summed E-state index contributed by atoms with van der Waals surface area (Å²) in [6.07, 6.45) is 2.60. The highest BCUT2D eigenvalue weighted by molar-refractivity contribution is 5.81. The molecule has 2 heteroatoms. The van der Waals surface area contributed by atoms with Crippen molar-refractivity contribution in [3.8, 4) is 0 Å². The molecule has 0 aromatic rings. The van der Waals surface area contributed by atoms with Crippen LogP contribution in [0.2, 0.25) is 0 Å². The molecule has 88 valence electrons. The molecule has 2 atom stereocenters. The summed E-state index contributed by atoms with van der Waals surface area (Å²) in [6, 6.07) is 0.639. The van der Waals surface area contributed by atoms with Gasteiger partial charge in [0.15, 0.2) is 0 Å². The van der Waals surface area contributed by atoms with Crippen molar-refractivity contribution in [2.75, 3.05) is 13.1 Å². The van der Waals surface area contributed by atoms with Crippen molar-refractivity contribution in [1.82, 2.24) is 4.90 Å². The third-order valence-electron chi connectivity index (χ3n) is 3.80. The molecule has 0 amide bonds. The highest BCUT2D eigenvalue weighted by Gasteiger charge is 2.31. The average molecular weight is 211 g/mol. The molecular formula is C13H25NO.